The maximum atomic E-state index is 13.1. The van der Waals surface area contributed by atoms with Crippen LogP contribution in [0.15, 0.2) is 72.8 Å². The second kappa shape index (κ2) is 17.7. The zero-order chi connectivity index (χ0) is 28.4. The van der Waals surface area contributed by atoms with Crippen molar-refractivity contribution in [1.82, 2.24) is 0 Å². The van der Waals surface area contributed by atoms with Gasteiger partial charge in [0, 0.05) is 0 Å². The van der Waals surface area contributed by atoms with Crippen molar-refractivity contribution in [3.63, 3.8) is 0 Å². The van der Waals surface area contributed by atoms with E-state index in [0.29, 0.717) is 35.8 Å². The molecule has 0 heterocycles. The van der Waals surface area contributed by atoms with Crippen LogP contribution in [0, 0.1) is 0 Å². The first-order chi connectivity index (χ1) is 19.6. The number of ether oxygens (including phenoxy) is 4. The molecule has 6 heteroatoms. The molecule has 0 aliphatic rings. The largest absolute Gasteiger partial charge is 0.493 e. The molecule has 0 radical (unpaired) electrons. The third kappa shape index (κ3) is 10.1. The second-order valence-corrected chi connectivity index (χ2v) is 9.74. The fraction of sp³-hybridized carbons (Fsp3) is 0.412. The van der Waals surface area contributed by atoms with Gasteiger partial charge in [-0.05, 0) is 49.2 Å². The highest BCUT2D eigenvalue weighted by molar-refractivity contribution is 5.96. The Morgan fingerprint density at radius 3 is 1.23 bits per heavy atom. The monoisotopic (exact) mass is 546 g/mol. The van der Waals surface area contributed by atoms with E-state index in [1.165, 1.54) is 38.5 Å². The Hall–Kier alpha value is -3.80. The highest BCUT2D eigenvalue weighted by atomic mass is 16.6. The number of hydrogen-bond donors (Lipinski definition) is 0. The molecule has 0 bridgehead atoms. The number of unbranched alkanes of at least 4 members (excludes halogenated alkanes) is 8. The maximum Gasteiger partial charge on any atom is 0.347 e. The van der Waals surface area contributed by atoms with Crippen molar-refractivity contribution in [2.75, 3.05) is 13.2 Å². The molecule has 0 aromatic heterocycles. The van der Waals surface area contributed by atoms with E-state index in [1.54, 1.807) is 60.7 Å². The number of carbonyl (C=O) groups is 2. The topological polar surface area (TPSA) is 71.1 Å². The van der Waals surface area contributed by atoms with Gasteiger partial charge in [-0.25, -0.2) is 9.59 Å². The van der Waals surface area contributed by atoms with Crippen molar-refractivity contribution in [1.29, 1.82) is 0 Å². The normalized spacial score (nSPS) is 10.7. The molecule has 40 heavy (non-hydrogen) atoms. The van der Waals surface area contributed by atoms with Gasteiger partial charge in [-0.2, -0.15) is 0 Å². The van der Waals surface area contributed by atoms with E-state index < -0.39 is 11.9 Å². The molecule has 0 N–H and O–H groups in total. The molecule has 214 valence electrons. The van der Waals surface area contributed by atoms with Gasteiger partial charge in [-0.3, -0.25) is 0 Å². The lowest BCUT2D eigenvalue weighted by atomic mass is 10.1. The zero-order valence-corrected chi connectivity index (χ0v) is 23.9. The minimum Gasteiger partial charge on any atom is -0.493 e. The molecule has 3 aromatic rings. The summed E-state index contributed by atoms with van der Waals surface area (Å²) in [4.78, 5) is 26.2. The SMILES string of the molecule is CCCCCCCOc1ccccc1C(=O)Oc1ccccc1OC(=O)c1ccccc1OCCCCCCC. The van der Waals surface area contributed by atoms with Crippen LogP contribution in [0.4, 0.5) is 0 Å². The predicted molar refractivity (Wildman–Crippen MR) is 158 cm³/mol. The average Bonchev–Trinajstić information content (AvgIpc) is 2.98. The summed E-state index contributed by atoms with van der Waals surface area (Å²) in [5.41, 5.74) is 0.629. The smallest absolute Gasteiger partial charge is 0.347 e. The number of para-hydroxylation sites is 4. The molecular formula is C34H42O6. The van der Waals surface area contributed by atoms with E-state index in [0.717, 1.165) is 25.7 Å². The fourth-order valence-corrected chi connectivity index (χ4v) is 4.23. The zero-order valence-electron chi connectivity index (χ0n) is 23.9. The standard InChI is InChI=1S/C34H42O6/c1-3-5-7-9-17-25-37-29-21-13-11-19-27(29)33(35)39-31-23-15-16-24-32(31)40-34(36)28-20-12-14-22-30(28)38-26-18-10-8-6-4-2/h11-16,19-24H,3-10,17-18,25-26H2,1-2H3. The van der Waals surface area contributed by atoms with Crippen LogP contribution >= 0.6 is 0 Å². The van der Waals surface area contributed by atoms with E-state index in [9.17, 15) is 9.59 Å². The lowest BCUT2D eigenvalue weighted by molar-refractivity contribution is 0.0677. The summed E-state index contributed by atoms with van der Waals surface area (Å²) in [5, 5.41) is 0. The molecule has 3 aromatic carbocycles. The van der Waals surface area contributed by atoms with Crippen LogP contribution in [-0.2, 0) is 0 Å². The molecule has 0 saturated carbocycles. The molecule has 6 nitrogen and oxygen atoms in total. The van der Waals surface area contributed by atoms with Crippen LogP contribution in [0.3, 0.4) is 0 Å². The first kappa shape index (κ1) is 30.7. The Kier molecular flexibility index (Phi) is 13.6. The molecule has 0 saturated heterocycles. The maximum absolute atomic E-state index is 13.1. The van der Waals surface area contributed by atoms with Gasteiger partial charge in [0.05, 0.1) is 13.2 Å². The highest BCUT2D eigenvalue weighted by Gasteiger charge is 2.20. The summed E-state index contributed by atoms with van der Waals surface area (Å²) in [6.07, 6.45) is 11.2. The Labute approximate surface area is 238 Å². The van der Waals surface area contributed by atoms with Crippen LogP contribution < -0.4 is 18.9 Å². The number of benzene rings is 3. The first-order valence-electron chi connectivity index (χ1n) is 14.6. The first-order valence-corrected chi connectivity index (χ1v) is 14.6. The van der Waals surface area contributed by atoms with Crippen LogP contribution in [0.1, 0.15) is 98.8 Å². The molecule has 0 fully saturated rings. The van der Waals surface area contributed by atoms with Gasteiger partial charge in [0.2, 0.25) is 0 Å². The molecule has 0 unspecified atom stereocenters. The predicted octanol–water partition coefficient (Wildman–Crippen LogP) is 8.82. The minimum atomic E-state index is -0.586. The molecule has 0 spiro atoms. The summed E-state index contributed by atoms with van der Waals surface area (Å²) in [6, 6.07) is 20.6. The van der Waals surface area contributed by atoms with Crippen LogP contribution in [0.5, 0.6) is 23.0 Å². The van der Waals surface area contributed by atoms with E-state index >= 15 is 0 Å². The number of esters is 2. The summed E-state index contributed by atoms with van der Waals surface area (Å²) < 4.78 is 23.2. The van der Waals surface area contributed by atoms with Crippen molar-refractivity contribution >= 4 is 11.9 Å². The third-order valence-electron chi connectivity index (χ3n) is 6.48. The number of hydrogen-bond acceptors (Lipinski definition) is 6. The minimum absolute atomic E-state index is 0.143. The summed E-state index contributed by atoms with van der Waals surface area (Å²) in [7, 11) is 0. The van der Waals surface area contributed by atoms with E-state index in [4.69, 9.17) is 18.9 Å². The molecule has 0 aliphatic heterocycles. The molecule has 3 rings (SSSR count). The highest BCUT2D eigenvalue weighted by Crippen LogP contribution is 2.30. The van der Waals surface area contributed by atoms with Crippen molar-refractivity contribution in [3.8, 4) is 23.0 Å². The number of carbonyl (C=O) groups excluding carboxylic acids is 2. The van der Waals surface area contributed by atoms with E-state index in [2.05, 4.69) is 13.8 Å². The Bertz CT molecular complexity index is 1100. The van der Waals surface area contributed by atoms with Gasteiger partial charge < -0.3 is 18.9 Å². The van der Waals surface area contributed by atoms with Crippen LogP contribution in [-0.4, -0.2) is 25.2 Å². The third-order valence-corrected chi connectivity index (χ3v) is 6.48. The second-order valence-electron chi connectivity index (χ2n) is 9.74. The lowest BCUT2D eigenvalue weighted by Gasteiger charge is -2.14. The van der Waals surface area contributed by atoms with Gasteiger partial charge >= 0.3 is 11.9 Å². The Morgan fingerprint density at radius 2 is 0.825 bits per heavy atom. The van der Waals surface area contributed by atoms with Gasteiger partial charge in [-0.15, -0.1) is 0 Å². The van der Waals surface area contributed by atoms with Gasteiger partial charge in [0.25, 0.3) is 0 Å². The van der Waals surface area contributed by atoms with Crippen molar-refractivity contribution in [3.05, 3.63) is 83.9 Å². The van der Waals surface area contributed by atoms with Crippen molar-refractivity contribution in [2.24, 2.45) is 0 Å². The molecule has 0 atom stereocenters. The quantitative estimate of drug-likeness (QED) is 0.0902. The summed E-state index contributed by atoms with van der Waals surface area (Å²) in [5.74, 6) is 0.0549. The molecule has 0 amide bonds. The molecular weight excluding hydrogens is 504 g/mol. The summed E-state index contributed by atoms with van der Waals surface area (Å²) in [6.45, 7) is 5.43. The fourth-order valence-electron chi connectivity index (χ4n) is 4.23. The summed E-state index contributed by atoms with van der Waals surface area (Å²) >= 11 is 0. The van der Waals surface area contributed by atoms with Crippen LogP contribution in [0.2, 0.25) is 0 Å². The van der Waals surface area contributed by atoms with Crippen molar-refractivity contribution < 1.29 is 28.5 Å². The Balaban J connectivity index is 1.63. The average molecular weight is 547 g/mol. The van der Waals surface area contributed by atoms with Gasteiger partial charge in [0.1, 0.15) is 22.6 Å². The van der Waals surface area contributed by atoms with Crippen molar-refractivity contribution in [2.45, 2.75) is 78.1 Å². The van der Waals surface area contributed by atoms with Crippen LogP contribution in [0.25, 0.3) is 0 Å². The van der Waals surface area contributed by atoms with E-state index in [-0.39, 0.29) is 11.5 Å². The lowest BCUT2D eigenvalue weighted by Crippen LogP contribution is -2.14. The number of rotatable bonds is 18. The Morgan fingerprint density at radius 1 is 0.475 bits per heavy atom. The van der Waals surface area contributed by atoms with Gasteiger partial charge in [-0.1, -0.05) is 102 Å². The molecule has 0 aliphatic carbocycles. The van der Waals surface area contributed by atoms with Gasteiger partial charge in [0.15, 0.2) is 11.5 Å². The van der Waals surface area contributed by atoms with E-state index in [1.807, 2.05) is 12.1 Å².